The average molecular weight is 241 g/mol. The Morgan fingerprint density at radius 1 is 1.50 bits per heavy atom. The maximum Gasteiger partial charge on any atom is 0.255 e. The quantitative estimate of drug-likeness (QED) is 0.695. The summed E-state index contributed by atoms with van der Waals surface area (Å²) in [4.78, 5) is 11.6. The lowest BCUT2D eigenvalue weighted by Crippen LogP contribution is -2.23. The van der Waals surface area contributed by atoms with E-state index in [2.05, 4.69) is 5.32 Å². The van der Waals surface area contributed by atoms with Crippen molar-refractivity contribution in [1.82, 2.24) is 5.32 Å². The van der Waals surface area contributed by atoms with Crippen molar-refractivity contribution in [3.05, 3.63) is 40.9 Å². The van der Waals surface area contributed by atoms with Crippen molar-refractivity contribution in [1.29, 1.82) is 0 Å². The van der Waals surface area contributed by atoms with Crippen LogP contribution in [0.4, 0.5) is 0 Å². The fraction of sp³-hybridized carbons (Fsp3) is 0.182. The maximum absolute atomic E-state index is 11.6. The molecule has 0 aliphatic heterocycles. The van der Waals surface area contributed by atoms with E-state index in [1.165, 1.54) is 12.1 Å². The Morgan fingerprint density at radius 3 is 2.88 bits per heavy atom. The first-order valence-electron chi connectivity index (χ1n) is 4.77. The monoisotopic (exact) mass is 240 g/mol. The number of halogens is 1. The van der Waals surface area contributed by atoms with Gasteiger partial charge in [0.15, 0.2) is 0 Å². The maximum atomic E-state index is 11.6. The molecular weight excluding hydrogens is 228 g/mol. The summed E-state index contributed by atoms with van der Waals surface area (Å²) >= 11 is 5.65. The molecule has 0 saturated carbocycles. The second kappa shape index (κ2) is 6.15. The van der Waals surface area contributed by atoms with Gasteiger partial charge in [-0.1, -0.05) is 23.8 Å². The van der Waals surface area contributed by atoms with Crippen molar-refractivity contribution in [2.45, 2.75) is 0 Å². The van der Waals surface area contributed by atoms with Gasteiger partial charge in [0.1, 0.15) is 5.75 Å². The topological polar surface area (TPSA) is 75.3 Å². The molecule has 5 heteroatoms. The molecule has 1 aromatic rings. The summed E-state index contributed by atoms with van der Waals surface area (Å²) in [5, 5.41) is 12.5. The van der Waals surface area contributed by atoms with Crippen molar-refractivity contribution in [3.63, 3.8) is 0 Å². The number of carbonyl (C=O) groups is 1. The molecular formula is C11H13ClN2O2. The molecule has 0 heterocycles. The van der Waals surface area contributed by atoms with Gasteiger partial charge in [0.2, 0.25) is 0 Å². The second-order valence-electron chi connectivity index (χ2n) is 3.08. The van der Waals surface area contributed by atoms with Crippen LogP contribution < -0.4 is 11.1 Å². The molecule has 1 amide bonds. The van der Waals surface area contributed by atoms with Gasteiger partial charge in [-0.15, -0.1) is 0 Å². The highest BCUT2D eigenvalue weighted by atomic mass is 35.5. The number of aromatic hydroxyl groups is 1. The minimum absolute atomic E-state index is 0.132. The van der Waals surface area contributed by atoms with E-state index in [0.29, 0.717) is 18.1 Å². The molecule has 0 aliphatic rings. The first kappa shape index (κ1) is 12.5. The molecule has 0 aromatic heterocycles. The fourth-order valence-corrected chi connectivity index (χ4v) is 1.29. The Morgan fingerprint density at radius 2 is 2.25 bits per heavy atom. The summed E-state index contributed by atoms with van der Waals surface area (Å²) < 4.78 is 0. The molecule has 0 atom stereocenters. The normalized spacial score (nSPS) is 10.6. The Bertz CT molecular complexity index is 405. The molecule has 0 unspecified atom stereocenters. The van der Waals surface area contributed by atoms with E-state index < -0.39 is 0 Å². The van der Waals surface area contributed by atoms with E-state index in [4.69, 9.17) is 17.3 Å². The van der Waals surface area contributed by atoms with E-state index in [-0.39, 0.29) is 17.2 Å². The third-order valence-electron chi connectivity index (χ3n) is 1.89. The van der Waals surface area contributed by atoms with Crippen molar-refractivity contribution in [3.8, 4) is 5.75 Å². The number of hydrogen-bond donors (Lipinski definition) is 3. The number of nitrogens with one attached hydrogen (secondary N) is 1. The summed E-state index contributed by atoms with van der Waals surface area (Å²) in [5.41, 5.74) is 5.44. The first-order valence-corrected chi connectivity index (χ1v) is 5.14. The molecule has 86 valence electrons. The van der Waals surface area contributed by atoms with E-state index in [0.717, 1.165) is 0 Å². The lowest BCUT2D eigenvalue weighted by Gasteiger charge is -2.04. The average Bonchev–Trinajstić information content (AvgIpc) is 2.24. The van der Waals surface area contributed by atoms with Crippen LogP contribution in [-0.4, -0.2) is 24.1 Å². The summed E-state index contributed by atoms with van der Waals surface area (Å²) in [5.74, 6) is -0.483. The standard InChI is InChI=1S/C11H13ClN2O2/c12-8-3-4-9(10(15)7-8)11(16)14-6-2-1-5-13/h1-4,7,15H,5-6,13H2,(H,14,16)/b2-1+. The molecule has 0 spiro atoms. The predicted molar refractivity (Wildman–Crippen MR) is 63.6 cm³/mol. The molecule has 0 fully saturated rings. The number of nitrogens with two attached hydrogens (primary N) is 1. The molecule has 0 bridgehead atoms. The highest BCUT2D eigenvalue weighted by Crippen LogP contribution is 2.21. The fourth-order valence-electron chi connectivity index (χ4n) is 1.12. The summed E-state index contributed by atoms with van der Waals surface area (Å²) in [6.07, 6.45) is 3.48. The van der Waals surface area contributed by atoms with Crippen LogP contribution >= 0.6 is 11.6 Å². The first-order chi connectivity index (χ1) is 7.65. The number of benzene rings is 1. The number of rotatable bonds is 4. The van der Waals surface area contributed by atoms with Gasteiger partial charge >= 0.3 is 0 Å². The Hall–Kier alpha value is -1.52. The van der Waals surface area contributed by atoms with Gasteiger partial charge in [0, 0.05) is 18.1 Å². The minimum Gasteiger partial charge on any atom is -0.507 e. The molecule has 1 aromatic carbocycles. The highest BCUT2D eigenvalue weighted by molar-refractivity contribution is 6.30. The third-order valence-corrected chi connectivity index (χ3v) is 2.12. The molecule has 1 rings (SSSR count). The van der Waals surface area contributed by atoms with Crippen LogP contribution in [0.3, 0.4) is 0 Å². The largest absolute Gasteiger partial charge is 0.507 e. The molecule has 4 N–H and O–H groups in total. The Labute approximate surface area is 98.7 Å². The van der Waals surface area contributed by atoms with Crippen LogP contribution in [0.25, 0.3) is 0 Å². The molecule has 16 heavy (non-hydrogen) atoms. The van der Waals surface area contributed by atoms with Crippen molar-refractivity contribution in [2.75, 3.05) is 13.1 Å². The zero-order valence-corrected chi connectivity index (χ0v) is 9.37. The van der Waals surface area contributed by atoms with E-state index in [1.807, 2.05) is 0 Å². The lowest BCUT2D eigenvalue weighted by molar-refractivity contribution is 0.0955. The van der Waals surface area contributed by atoms with Gasteiger partial charge in [-0.3, -0.25) is 4.79 Å². The highest BCUT2D eigenvalue weighted by Gasteiger charge is 2.09. The van der Waals surface area contributed by atoms with Gasteiger partial charge in [-0.2, -0.15) is 0 Å². The number of amides is 1. The third kappa shape index (κ3) is 3.56. The molecule has 4 nitrogen and oxygen atoms in total. The van der Waals surface area contributed by atoms with Crippen LogP contribution in [-0.2, 0) is 0 Å². The van der Waals surface area contributed by atoms with Crippen molar-refractivity contribution >= 4 is 17.5 Å². The summed E-state index contributed by atoms with van der Waals surface area (Å²) in [7, 11) is 0. The zero-order chi connectivity index (χ0) is 12.0. The predicted octanol–water partition coefficient (Wildman–Crippen LogP) is 1.29. The van der Waals surface area contributed by atoms with Gasteiger partial charge in [0.25, 0.3) is 5.91 Å². The van der Waals surface area contributed by atoms with Crippen LogP contribution in [0.15, 0.2) is 30.4 Å². The SMILES string of the molecule is NC/C=C/CNC(=O)c1ccc(Cl)cc1O. The number of phenols is 1. The molecule has 0 aliphatic carbocycles. The van der Waals surface area contributed by atoms with Gasteiger partial charge in [-0.05, 0) is 18.2 Å². The lowest BCUT2D eigenvalue weighted by atomic mass is 10.2. The van der Waals surface area contributed by atoms with E-state index in [1.54, 1.807) is 18.2 Å². The van der Waals surface area contributed by atoms with Gasteiger partial charge in [-0.25, -0.2) is 0 Å². The zero-order valence-electron chi connectivity index (χ0n) is 8.61. The number of phenolic OH excluding ortho intramolecular Hbond substituents is 1. The Balaban J connectivity index is 2.63. The van der Waals surface area contributed by atoms with Crippen LogP contribution in [0.5, 0.6) is 5.75 Å². The Kier molecular flexibility index (Phi) is 4.82. The van der Waals surface area contributed by atoms with E-state index >= 15 is 0 Å². The minimum atomic E-state index is -0.351. The van der Waals surface area contributed by atoms with Gasteiger partial charge < -0.3 is 16.2 Å². The number of hydrogen-bond acceptors (Lipinski definition) is 3. The van der Waals surface area contributed by atoms with Crippen LogP contribution in [0.2, 0.25) is 5.02 Å². The van der Waals surface area contributed by atoms with E-state index in [9.17, 15) is 9.90 Å². The number of carbonyl (C=O) groups excluding carboxylic acids is 1. The van der Waals surface area contributed by atoms with Crippen molar-refractivity contribution < 1.29 is 9.90 Å². The molecule has 0 radical (unpaired) electrons. The van der Waals surface area contributed by atoms with Gasteiger partial charge in [0.05, 0.1) is 5.56 Å². The summed E-state index contributed by atoms with van der Waals surface area (Å²) in [6, 6.07) is 4.34. The second-order valence-corrected chi connectivity index (χ2v) is 3.52. The van der Waals surface area contributed by atoms with Crippen molar-refractivity contribution in [2.24, 2.45) is 5.73 Å². The summed E-state index contributed by atoms with van der Waals surface area (Å²) in [6.45, 7) is 0.806. The van der Waals surface area contributed by atoms with Crippen LogP contribution in [0.1, 0.15) is 10.4 Å². The molecule has 0 saturated heterocycles. The van der Waals surface area contributed by atoms with Crippen LogP contribution in [0, 0.1) is 0 Å². The smallest absolute Gasteiger partial charge is 0.255 e.